The third-order valence-corrected chi connectivity index (χ3v) is 4.90. The maximum absolute atomic E-state index is 11.6. The molecule has 4 aromatic rings. The third kappa shape index (κ3) is 4.14. The molecule has 0 aromatic heterocycles. The predicted molar refractivity (Wildman–Crippen MR) is 119 cm³/mol. The second-order valence-corrected chi connectivity index (χ2v) is 7.02. The largest absolute Gasteiger partial charge is 0.427 e. The number of hydrogen-bond donors (Lipinski definition) is 0. The van der Waals surface area contributed by atoms with Crippen molar-refractivity contribution in [2.45, 2.75) is 20.3 Å². The van der Waals surface area contributed by atoms with Crippen LogP contribution in [0.5, 0.6) is 5.75 Å². The average molecular weight is 381 g/mol. The second kappa shape index (κ2) is 8.19. The van der Waals surface area contributed by atoms with Gasteiger partial charge in [0.2, 0.25) is 0 Å². The molecule has 0 fully saturated rings. The number of fused-ring (bicyclic) bond motifs is 1. The maximum Gasteiger partial charge on any atom is 0.310 e. The van der Waals surface area contributed by atoms with E-state index in [9.17, 15) is 4.79 Å². The van der Waals surface area contributed by atoms with Gasteiger partial charge in [0.25, 0.3) is 0 Å². The highest BCUT2D eigenvalue weighted by Crippen LogP contribution is 2.36. The van der Waals surface area contributed by atoms with Crippen LogP contribution in [0.15, 0.2) is 91.0 Å². The van der Waals surface area contributed by atoms with Crippen LogP contribution in [0.2, 0.25) is 0 Å². The van der Waals surface area contributed by atoms with Gasteiger partial charge in [-0.05, 0) is 66.2 Å². The van der Waals surface area contributed by atoms with Gasteiger partial charge in [-0.25, -0.2) is 0 Å². The molecule has 3 heteroatoms. The number of esters is 1. The number of carbonyl (C=O) groups is 1. The van der Waals surface area contributed by atoms with Gasteiger partial charge in [-0.1, -0.05) is 55.0 Å². The second-order valence-electron chi connectivity index (χ2n) is 7.02. The van der Waals surface area contributed by atoms with E-state index in [-0.39, 0.29) is 5.97 Å². The van der Waals surface area contributed by atoms with Crippen molar-refractivity contribution in [1.29, 1.82) is 0 Å². The highest BCUT2D eigenvalue weighted by atomic mass is 16.5. The van der Waals surface area contributed by atoms with Gasteiger partial charge < -0.3 is 9.64 Å². The Morgan fingerprint density at radius 1 is 0.759 bits per heavy atom. The molecule has 0 aliphatic rings. The summed E-state index contributed by atoms with van der Waals surface area (Å²) in [5, 5.41) is 2.40. The quantitative estimate of drug-likeness (QED) is 0.277. The first-order valence-corrected chi connectivity index (χ1v) is 9.80. The number of benzene rings is 4. The molecule has 0 spiro atoms. The maximum atomic E-state index is 11.6. The van der Waals surface area contributed by atoms with Crippen LogP contribution in [-0.2, 0) is 4.79 Å². The fourth-order valence-electron chi connectivity index (χ4n) is 3.32. The number of aryl methyl sites for hydroxylation is 1. The van der Waals surface area contributed by atoms with Gasteiger partial charge in [-0.3, -0.25) is 4.79 Å². The lowest BCUT2D eigenvalue weighted by molar-refractivity contribution is -0.134. The molecule has 29 heavy (non-hydrogen) atoms. The van der Waals surface area contributed by atoms with E-state index < -0.39 is 0 Å². The summed E-state index contributed by atoms with van der Waals surface area (Å²) in [6, 6.07) is 30.9. The van der Waals surface area contributed by atoms with Crippen molar-refractivity contribution in [2.75, 3.05) is 4.90 Å². The molecule has 0 amide bonds. The lowest BCUT2D eigenvalue weighted by Gasteiger charge is -2.26. The first-order valence-electron chi connectivity index (χ1n) is 9.80. The van der Waals surface area contributed by atoms with Crippen LogP contribution in [0.1, 0.15) is 18.9 Å². The lowest BCUT2D eigenvalue weighted by Crippen LogP contribution is -2.10. The molecule has 0 aliphatic heterocycles. The molecular formula is C26H23NO2. The fraction of sp³-hybridized carbons (Fsp3) is 0.115. The zero-order chi connectivity index (χ0) is 20.2. The van der Waals surface area contributed by atoms with Crippen molar-refractivity contribution in [1.82, 2.24) is 0 Å². The molecule has 0 N–H and O–H groups in total. The molecule has 4 aromatic carbocycles. The Bertz CT molecular complexity index is 1130. The Labute approximate surface area is 171 Å². The minimum Gasteiger partial charge on any atom is -0.427 e. The monoisotopic (exact) mass is 381 g/mol. The van der Waals surface area contributed by atoms with Crippen molar-refractivity contribution in [2.24, 2.45) is 0 Å². The molecule has 0 bridgehead atoms. The number of rotatable bonds is 5. The molecule has 0 aliphatic carbocycles. The van der Waals surface area contributed by atoms with Crippen LogP contribution >= 0.6 is 0 Å². The van der Waals surface area contributed by atoms with E-state index in [1.54, 1.807) is 6.92 Å². The van der Waals surface area contributed by atoms with Crippen molar-refractivity contribution in [3.05, 3.63) is 96.6 Å². The predicted octanol–water partition coefficient (Wildman–Crippen LogP) is 6.93. The smallest absolute Gasteiger partial charge is 0.310 e. The van der Waals surface area contributed by atoms with E-state index in [0.717, 1.165) is 17.1 Å². The van der Waals surface area contributed by atoms with Crippen LogP contribution in [-0.4, -0.2) is 5.97 Å². The minimum absolute atomic E-state index is 0.234. The Hall–Kier alpha value is -3.59. The summed E-state index contributed by atoms with van der Waals surface area (Å²) in [5.74, 6) is 0.325. The summed E-state index contributed by atoms with van der Waals surface area (Å²) in [7, 11) is 0. The Kier molecular flexibility index (Phi) is 5.30. The summed E-state index contributed by atoms with van der Waals surface area (Å²) >= 11 is 0. The van der Waals surface area contributed by atoms with Gasteiger partial charge in [-0.15, -0.1) is 0 Å². The van der Waals surface area contributed by atoms with Crippen molar-refractivity contribution in [3.63, 3.8) is 0 Å². The Balaban J connectivity index is 1.77. The SMILES string of the molecule is CCC(=O)Oc1ccc(N(c2ccc(C)cc2)c2ccc3ccccc3c2)cc1. The van der Waals surface area contributed by atoms with Crippen molar-refractivity contribution < 1.29 is 9.53 Å². The van der Waals surface area contributed by atoms with Crippen LogP contribution < -0.4 is 9.64 Å². The van der Waals surface area contributed by atoms with E-state index in [1.807, 2.05) is 24.3 Å². The van der Waals surface area contributed by atoms with Gasteiger partial charge in [0.1, 0.15) is 5.75 Å². The minimum atomic E-state index is -0.234. The summed E-state index contributed by atoms with van der Waals surface area (Å²) in [6.07, 6.45) is 0.355. The summed E-state index contributed by atoms with van der Waals surface area (Å²) < 4.78 is 5.33. The van der Waals surface area contributed by atoms with E-state index in [1.165, 1.54) is 16.3 Å². The summed E-state index contributed by atoms with van der Waals surface area (Å²) in [6.45, 7) is 3.87. The number of carbonyl (C=O) groups excluding carboxylic acids is 1. The first-order chi connectivity index (χ1) is 14.1. The van der Waals surface area contributed by atoms with Crippen molar-refractivity contribution >= 4 is 33.8 Å². The van der Waals surface area contributed by atoms with E-state index >= 15 is 0 Å². The Morgan fingerprint density at radius 2 is 1.34 bits per heavy atom. The number of nitrogens with zero attached hydrogens (tertiary/aromatic N) is 1. The fourth-order valence-corrected chi connectivity index (χ4v) is 3.32. The molecule has 0 heterocycles. The van der Waals surface area contributed by atoms with Gasteiger partial charge in [0, 0.05) is 23.5 Å². The highest BCUT2D eigenvalue weighted by molar-refractivity contribution is 5.89. The first kappa shape index (κ1) is 18.8. The molecule has 0 atom stereocenters. The molecule has 0 saturated heterocycles. The normalized spacial score (nSPS) is 10.7. The molecule has 4 rings (SSSR count). The van der Waals surface area contributed by atoms with E-state index in [4.69, 9.17) is 4.74 Å². The highest BCUT2D eigenvalue weighted by Gasteiger charge is 2.13. The molecule has 3 nitrogen and oxygen atoms in total. The summed E-state index contributed by atoms with van der Waals surface area (Å²) in [5.41, 5.74) is 4.37. The topological polar surface area (TPSA) is 29.5 Å². The molecular weight excluding hydrogens is 358 g/mol. The van der Waals surface area contributed by atoms with Crippen LogP contribution in [0.25, 0.3) is 10.8 Å². The zero-order valence-corrected chi connectivity index (χ0v) is 16.6. The molecule has 0 unspecified atom stereocenters. The van der Waals surface area contributed by atoms with Crippen LogP contribution in [0.3, 0.4) is 0 Å². The Morgan fingerprint density at radius 3 is 2.00 bits per heavy atom. The molecule has 0 radical (unpaired) electrons. The van der Waals surface area contributed by atoms with Crippen LogP contribution in [0, 0.1) is 6.92 Å². The number of hydrogen-bond acceptors (Lipinski definition) is 3. The number of ether oxygens (including phenoxy) is 1. The lowest BCUT2D eigenvalue weighted by atomic mass is 10.1. The number of anilines is 3. The average Bonchev–Trinajstić information content (AvgIpc) is 2.76. The van der Waals surface area contributed by atoms with Crippen molar-refractivity contribution in [3.8, 4) is 5.75 Å². The van der Waals surface area contributed by atoms with Gasteiger partial charge in [-0.2, -0.15) is 0 Å². The van der Waals surface area contributed by atoms with Gasteiger partial charge in [0.05, 0.1) is 0 Å². The van der Waals surface area contributed by atoms with Crippen LogP contribution in [0.4, 0.5) is 17.1 Å². The van der Waals surface area contributed by atoms with Gasteiger partial charge >= 0.3 is 5.97 Å². The van der Waals surface area contributed by atoms with E-state index in [2.05, 4.69) is 78.6 Å². The third-order valence-electron chi connectivity index (χ3n) is 4.90. The zero-order valence-electron chi connectivity index (χ0n) is 16.6. The van der Waals surface area contributed by atoms with Gasteiger partial charge in [0.15, 0.2) is 0 Å². The molecule has 144 valence electrons. The van der Waals surface area contributed by atoms with E-state index in [0.29, 0.717) is 12.2 Å². The standard InChI is InChI=1S/C26H23NO2/c1-3-26(28)29-25-16-14-23(15-17-25)27(22-11-8-19(2)9-12-22)24-13-10-20-6-4-5-7-21(20)18-24/h4-18H,3H2,1-2H3. The summed E-state index contributed by atoms with van der Waals surface area (Å²) in [4.78, 5) is 13.8. The molecule has 0 saturated carbocycles.